The number of amides is 1. The first-order chi connectivity index (χ1) is 9.15. The largest absolute Gasteiger partial charge is 0.445 e. The summed E-state index contributed by atoms with van der Waals surface area (Å²) in [5, 5.41) is 2.54. The predicted octanol–water partition coefficient (Wildman–Crippen LogP) is 5.15. The Balaban J connectivity index is 4.44. The highest BCUT2D eigenvalue weighted by atomic mass is 35.6. The molecule has 0 radical (unpaired) electrons. The van der Waals surface area contributed by atoms with Crippen LogP contribution >= 0.6 is 34.8 Å². The van der Waals surface area contributed by atoms with Crippen LogP contribution in [0.25, 0.3) is 0 Å². The lowest BCUT2D eigenvalue weighted by Crippen LogP contribution is -2.38. The summed E-state index contributed by atoms with van der Waals surface area (Å²) in [7, 11) is 0. The molecule has 118 valence electrons. The Morgan fingerprint density at radius 3 is 2.45 bits per heavy atom. The topological polar surface area (TPSA) is 38.3 Å². The fourth-order valence-electron chi connectivity index (χ4n) is 1.35. The van der Waals surface area contributed by atoms with E-state index in [1.165, 1.54) is 6.08 Å². The maximum Gasteiger partial charge on any atom is 0.407 e. The molecule has 0 aromatic heterocycles. The van der Waals surface area contributed by atoms with Crippen LogP contribution in [0.4, 0.5) is 9.18 Å². The zero-order valence-electron chi connectivity index (χ0n) is 11.9. The number of carbonyl (C=O) groups is 1. The third-order valence-corrected chi connectivity index (χ3v) is 2.83. The average Bonchev–Trinajstić information content (AvgIpc) is 2.32. The predicted molar refractivity (Wildman–Crippen MR) is 82.1 cm³/mol. The van der Waals surface area contributed by atoms with Crippen LogP contribution in [0, 0.1) is 5.92 Å². The molecule has 0 heterocycles. The van der Waals surface area contributed by atoms with Gasteiger partial charge in [0.15, 0.2) is 0 Å². The second-order valence-corrected chi connectivity index (χ2v) is 7.34. The molecule has 1 amide bonds. The zero-order valence-corrected chi connectivity index (χ0v) is 14.2. The number of hydrogen-bond donors (Lipinski definition) is 1. The monoisotopic (exact) mass is 347 g/mol. The fourth-order valence-corrected chi connectivity index (χ4v) is 1.51. The third-order valence-electron chi connectivity index (χ3n) is 2.50. The number of hydrogen-bond acceptors (Lipinski definition) is 2. The average molecular weight is 349 g/mol. The van der Waals surface area contributed by atoms with Crippen LogP contribution in [0.2, 0.25) is 0 Å². The van der Waals surface area contributed by atoms with Crippen LogP contribution in [0.5, 0.6) is 0 Å². The van der Waals surface area contributed by atoms with Gasteiger partial charge >= 0.3 is 6.09 Å². The molecule has 0 bridgehead atoms. The molecule has 0 aliphatic heterocycles. The van der Waals surface area contributed by atoms with Crippen LogP contribution in [-0.4, -0.2) is 22.5 Å². The first kappa shape index (κ1) is 19.8. The minimum Gasteiger partial charge on any atom is -0.445 e. The van der Waals surface area contributed by atoms with Crippen molar-refractivity contribution in [3.63, 3.8) is 0 Å². The van der Waals surface area contributed by atoms with Gasteiger partial charge in [0.25, 0.3) is 0 Å². The van der Waals surface area contributed by atoms with Gasteiger partial charge in [-0.05, 0) is 24.8 Å². The van der Waals surface area contributed by atoms with E-state index < -0.39 is 15.9 Å². The molecule has 3 nitrogen and oxygen atoms in total. The Morgan fingerprint density at radius 1 is 1.40 bits per heavy atom. The molecule has 0 aromatic carbocycles. The lowest BCUT2D eigenvalue weighted by molar-refractivity contribution is 0.144. The van der Waals surface area contributed by atoms with Crippen LogP contribution in [0.15, 0.2) is 11.9 Å². The lowest BCUT2D eigenvalue weighted by atomic mass is 10.0. The SMILES string of the molecule is CCCC/C(F)=C/C(NC(=O)OCC(Cl)(Cl)Cl)C(C)C. The first-order valence-corrected chi connectivity index (χ1v) is 7.65. The maximum atomic E-state index is 13.6. The number of alkyl halides is 3. The summed E-state index contributed by atoms with van der Waals surface area (Å²) < 4.78 is 16.7. The summed E-state index contributed by atoms with van der Waals surface area (Å²) in [5.74, 6) is -0.227. The highest BCUT2D eigenvalue weighted by Gasteiger charge is 2.23. The van der Waals surface area contributed by atoms with Crippen molar-refractivity contribution in [2.24, 2.45) is 5.92 Å². The molecule has 0 saturated carbocycles. The molecule has 0 aromatic rings. The summed E-state index contributed by atoms with van der Waals surface area (Å²) >= 11 is 16.4. The number of unbranched alkanes of at least 4 members (excludes halogenated alkanes) is 1. The number of rotatable bonds is 7. The number of alkyl carbamates (subject to hydrolysis) is 1. The summed E-state index contributed by atoms with van der Waals surface area (Å²) in [6, 6.07) is -0.463. The van der Waals surface area contributed by atoms with E-state index in [9.17, 15) is 9.18 Å². The number of carbonyl (C=O) groups excluding carboxylic acids is 1. The van der Waals surface area contributed by atoms with E-state index in [2.05, 4.69) is 5.32 Å². The molecule has 0 saturated heterocycles. The number of ether oxygens (including phenoxy) is 1. The molecule has 7 heteroatoms. The van der Waals surface area contributed by atoms with Gasteiger partial charge in [-0.2, -0.15) is 0 Å². The van der Waals surface area contributed by atoms with Gasteiger partial charge in [0.1, 0.15) is 6.61 Å². The van der Waals surface area contributed by atoms with Crippen molar-refractivity contribution in [1.29, 1.82) is 0 Å². The van der Waals surface area contributed by atoms with Crippen LogP contribution < -0.4 is 5.32 Å². The molecule has 0 spiro atoms. The molecule has 0 aliphatic rings. The third kappa shape index (κ3) is 10.6. The number of allylic oxidation sites excluding steroid dienone is 1. The standard InChI is InChI=1S/C13H21Cl3FNO2/c1-4-5-6-10(17)7-11(9(2)3)18-12(19)20-8-13(14,15)16/h7,9,11H,4-6,8H2,1-3H3,(H,18,19)/b10-7-. The Hall–Kier alpha value is -0.190. The van der Waals surface area contributed by atoms with Crippen molar-refractivity contribution in [2.45, 2.75) is 49.9 Å². The van der Waals surface area contributed by atoms with Gasteiger partial charge in [0, 0.05) is 0 Å². The van der Waals surface area contributed by atoms with Gasteiger partial charge in [-0.15, -0.1) is 0 Å². The maximum absolute atomic E-state index is 13.6. The van der Waals surface area contributed by atoms with Gasteiger partial charge < -0.3 is 10.1 Å². The minimum absolute atomic E-state index is 0.0164. The van der Waals surface area contributed by atoms with Crippen LogP contribution in [0.3, 0.4) is 0 Å². The van der Waals surface area contributed by atoms with Crippen molar-refractivity contribution in [3.8, 4) is 0 Å². The Morgan fingerprint density at radius 2 is 2.00 bits per heavy atom. The van der Waals surface area contributed by atoms with Crippen molar-refractivity contribution in [2.75, 3.05) is 6.61 Å². The quantitative estimate of drug-likeness (QED) is 0.646. The van der Waals surface area contributed by atoms with Gasteiger partial charge in [0.05, 0.1) is 11.9 Å². The zero-order chi connectivity index (χ0) is 15.8. The highest BCUT2D eigenvalue weighted by Crippen LogP contribution is 2.25. The van der Waals surface area contributed by atoms with Crippen LogP contribution in [0.1, 0.15) is 40.0 Å². The first-order valence-electron chi connectivity index (χ1n) is 6.52. The molecule has 1 N–H and O–H groups in total. The summed E-state index contributed by atoms with van der Waals surface area (Å²) in [6.07, 6.45) is 2.70. The molecule has 0 aliphatic carbocycles. The van der Waals surface area contributed by atoms with Gasteiger partial charge in [-0.3, -0.25) is 0 Å². The summed E-state index contributed by atoms with van der Waals surface area (Å²) in [5.41, 5.74) is 0. The second-order valence-electron chi connectivity index (χ2n) is 4.82. The fraction of sp³-hybridized carbons (Fsp3) is 0.769. The number of nitrogens with one attached hydrogen (secondary N) is 1. The lowest BCUT2D eigenvalue weighted by Gasteiger charge is -2.20. The summed E-state index contributed by atoms with van der Waals surface area (Å²) in [4.78, 5) is 11.5. The van der Waals surface area contributed by atoms with Crippen molar-refractivity contribution >= 4 is 40.9 Å². The van der Waals surface area contributed by atoms with E-state index in [0.717, 1.165) is 12.8 Å². The van der Waals surface area contributed by atoms with E-state index in [-0.39, 0.29) is 18.4 Å². The minimum atomic E-state index is -1.66. The van der Waals surface area contributed by atoms with Gasteiger partial charge in [-0.1, -0.05) is 62.0 Å². The molecule has 0 fully saturated rings. The highest BCUT2D eigenvalue weighted by molar-refractivity contribution is 6.67. The van der Waals surface area contributed by atoms with Gasteiger partial charge in [-0.25, -0.2) is 9.18 Å². The van der Waals surface area contributed by atoms with E-state index in [1.807, 2.05) is 20.8 Å². The van der Waals surface area contributed by atoms with Crippen molar-refractivity contribution in [3.05, 3.63) is 11.9 Å². The summed E-state index contributed by atoms with van der Waals surface area (Å²) in [6.45, 7) is 5.35. The Bertz CT molecular complexity index is 330. The van der Waals surface area contributed by atoms with Crippen molar-refractivity contribution < 1.29 is 13.9 Å². The Labute approximate surface area is 134 Å². The number of halogens is 4. The molecule has 20 heavy (non-hydrogen) atoms. The van der Waals surface area contributed by atoms with Crippen LogP contribution in [-0.2, 0) is 4.74 Å². The van der Waals surface area contributed by atoms with E-state index in [1.54, 1.807) is 0 Å². The van der Waals surface area contributed by atoms with E-state index in [4.69, 9.17) is 39.5 Å². The van der Waals surface area contributed by atoms with Crippen molar-refractivity contribution in [1.82, 2.24) is 5.32 Å². The molecule has 1 atom stereocenters. The smallest absolute Gasteiger partial charge is 0.407 e. The van der Waals surface area contributed by atoms with E-state index >= 15 is 0 Å². The Kier molecular flexibility index (Phi) is 9.60. The normalized spacial score (nSPS) is 14.3. The van der Waals surface area contributed by atoms with Gasteiger partial charge in [0.2, 0.25) is 3.79 Å². The van der Waals surface area contributed by atoms with E-state index in [0.29, 0.717) is 6.42 Å². The molecular weight excluding hydrogens is 328 g/mol. The second kappa shape index (κ2) is 9.69. The molecular formula is C13H21Cl3FNO2. The molecule has 1 unspecified atom stereocenters. The molecule has 0 rings (SSSR count).